The molecule has 0 unspecified atom stereocenters. The van der Waals surface area contributed by atoms with Gasteiger partial charge in [-0.25, -0.2) is 0 Å². The number of benzene rings is 1. The SMILES string of the molecule is Cc1cc([B]N(C)C)c2ccccc2n1. The number of nitrogens with zero attached hydrogens (tertiary/aromatic N) is 2. The summed E-state index contributed by atoms with van der Waals surface area (Å²) in [5.41, 5.74) is 3.34. The van der Waals surface area contributed by atoms with Gasteiger partial charge >= 0.3 is 0 Å². The predicted octanol–water partition coefficient (Wildman–Crippen LogP) is 1.35. The van der Waals surface area contributed by atoms with Crippen molar-refractivity contribution in [3.8, 4) is 0 Å². The zero-order valence-electron chi connectivity index (χ0n) is 9.36. The summed E-state index contributed by atoms with van der Waals surface area (Å²) in [6, 6.07) is 10.3. The van der Waals surface area contributed by atoms with E-state index in [1.54, 1.807) is 0 Å². The summed E-state index contributed by atoms with van der Waals surface area (Å²) >= 11 is 0. The largest absolute Gasteiger partial charge is 0.348 e. The number of hydrogen-bond acceptors (Lipinski definition) is 2. The predicted molar refractivity (Wildman–Crippen MR) is 65.6 cm³/mol. The maximum atomic E-state index is 4.51. The highest BCUT2D eigenvalue weighted by atomic mass is 15.0. The van der Waals surface area contributed by atoms with E-state index in [9.17, 15) is 0 Å². The van der Waals surface area contributed by atoms with Gasteiger partial charge in [0.2, 0.25) is 7.41 Å². The van der Waals surface area contributed by atoms with Gasteiger partial charge in [-0.3, -0.25) is 4.98 Å². The van der Waals surface area contributed by atoms with Crippen LogP contribution in [-0.4, -0.2) is 31.3 Å². The van der Waals surface area contributed by atoms with Crippen molar-refractivity contribution in [3.63, 3.8) is 0 Å². The Balaban J connectivity index is 2.60. The van der Waals surface area contributed by atoms with E-state index in [0.29, 0.717) is 0 Å². The molecule has 2 aromatic rings. The highest BCUT2D eigenvalue weighted by Crippen LogP contribution is 2.09. The molecule has 0 spiro atoms. The van der Waals surface area contributed by atoms with E-state index in [2.05, 4.69) is 35.4 Å². The first-order valence-electron chi connectivity index (χ1n) is 5.04. The Bertz CT molecular complexity index is 480. The van der Waals surface area contributed by atoms with E-state index in [1.807, 2.05) is 33.2 Å². The maximum Gasteiger partial charge on any atom is 0.248 e. The minimum absolute atomic E-state index is 1.06. The summed E-state index contributed by atoms with van der Waals surface area (Å²) in [7, 11) is 6.19. The molecule has 0 atom stereocenters. The number of aryl methyl sites for hydroxylation is 1. The first-order valence-corrected chi connectivity index (χ1v) is 5.04. The zero-order valence-corrected chi connectivity index (χ0v) is 9.36. The quantitative estimate of drug-likeness (QED) is 0.675. The summed E-state index contributed by atoms with van der Waals surface area (Å²) in [5.74, 6) is 0. The Morgan fingerprint density at radius 3 is 2.67 bits per heavy atom. The lowest BCUT2D eigenvalue weighted by Crippen LogP contribution is -2.30. The van der Waals surface area contributed by atoms with Gasteiger partial charge in [0.05, 0.1) is 5.52 Å². The first-order chi connectivity index (χ1) is 7.16. The fourth-order valence-corrected chi connectivity index (χ4v) is 1.73. The topological polar surface area (TPSA) is 16.1 Å². The van der Waals surface area contributed by atoms with Gasteiger partial charge in [-0.1, -0.05) is 23.7 Å². The first kappa shape index (κ1) is 10.2. The molecule has 1 aromatic carbocycles. The molecule has 0 amide bonds. The lowest BCUT2D eigenvalue weighted by molar-refractivity contribution is 0.669. The van der Waals surface area contributed by atoms with Gasteiger partial charge in [0.1, 0.15) is 0 Å². The second kappa shape index (κ2) is 4.03. The van der Waals surface area contributed by atoms with E-state index in [0.717, 1.165) is 11.2 Å². The van der Waals surface area contributed by atoms with E-state index in [4.69, 9.17) is 0 Å². The number of fused-ring (bicyclic) bond motifs is 1. The summed E-state index contributed by atoms with van der Waals surface area (Å²) in [6.07, 6.45) is 0. The van der Waals surface area contributed by atoms with E-state index in [-0.39, 0.29) is 0 Å². The Labute approximate surface area is 91.2 Å². The van der Waals surface area contributed by atoms with Gasteiger partial charge in [-0.15, -0.1) is 0 Å². The zero-order chi connectivity index (χ0) is 10.8. The molecular formula is C12H14BN2. The van der Waals surface area contributed by atoms with Gasteiger partial charge in [0.15, 0.2) is 0 Å². The van der Waals surface area contributed by atoms with Crippen molar-refractivity contribution in [1.82, 2.24) is 9.79 Å². The van der Waals surface area contributed by atoms with Crippen molar-refractivity contribution in [3.05, 3.63) is 36.0 Å². The van der Waals surface area contributed by atoms with Gasteiger partial charge in [-0.2, -0.15) is 0 Å². The van der Waals surface area contributed by atoms with Crippen molar-refractivity contribution < 1.29 is 0 Å². The molecule has 2 nitrogen and oxygen atoms in total. The normalized spacial score (nSPS) is 10.9. The van der Waals surface area contributed by atoms with Gasteiger partial charge < -0.3 is 4.81 Å². The molecular weight excluding hydrogens is 183 g/mol. The van der Waals surface area contributed by atoms with Crippen LogP contribution < -0.4 is 5.46 Å². The second-order valence-corrected chi connectivity index (χ2v) is 3.96. The van der Waals surface area contributed by atoms with Crippen molar-refractivity contribution in [2.75, 3.05) is 14.1 Å². The molecule has 0 fully saturated rings. The fourth-order valence-electron chi connectivity index (χ4n) is 1.73. The summed E-state index contributed by atoms with van der Waals surface area (Å²) in [6.45, 7) is 2.03. The third kappa shape index (κ3) is 2.18. The van der Waals surface area contributed by atoms with Crippen molar-refractivity contribution in [2.24, 2.45) is 0 Å². The van der Waals surface area contributed by atoms with Crippen LogP contribution in [0.5, 0.6) is 0 Å². The molecule has 15 heavy (non-hydrogen) atoms. The molecule has 1 aromatic heterocycles. The van der Waals surface area contributed by atoms with Crippen LogP contribution >= 0.6 is 0 Å². The molecule has 0 aliphatic rings. The van der Waals surface area contributed by atoms with Crippen LogP contribution in [0.15, 0.2) is 30.3 Å². The summed E-state index contributed by atoms with van der Waals surface area (Å²) in [4.78, 5) is 6.56. The summed E-state index contributed by atoms with van der Waals surface area (Å²) < 4.78 is 0. The highest BCUT2D eigenvalue weighted by molar-refractivity contribution is 6.54. The van der Waals surface area contributed by atoms with Crippen LogP contribution in [0.4, 0.5) is 0 Å². The van der Waals surface area contributed by atoms with Gasteiger partial charge in [0.25, 0.3) is 0 Å². The second-order valence-electron chi connectivity index (χ2n) is 3.96. The molecule has 75 valence electrons. The minimum Gasteiger partial charge on any atom is -0.348 e. The van der Waals surface area contributed by atoms with E-state index < -0.39 is 0 Å². The Morgan fingerprint density at radius 1 is 1.20 bits per heavy atom. The Kier molecular flexibility index (Phi) is 2.74. The van der Waals surface area contributed by atoms with Crippen LogP contribution in [-0.2, 0) is 0 Å². The van der Waals surface area contributed by atoms with Crippen LogP contribution in [0.25, 0.3) is 10.9 Å². The molecule has 0 aliphatic heterocycles. The molecule has 1 radical (unpaired) electrons. The Hall–Kier alpha value is -1.35. The smallest absolute Gasteiger partial charge is 0.248 e. The molecule has 0 aliphatic carbocycles. The number of hydrogen-bond donors (Lipinski definition) is 0. The van der Waals surface area contributed by atoms with E-state index in [1.165, 1.54) is 10.8 Å². The summed E-state index contributed by atoms with van der Waals surface area (Å²) in [5, 5.41) is 1.21. The van der Waals surface area contributed by atoms with Crippen LogP contribution in [0.1, 0.15) is 5.69 Å². The van der Waals surface area contributed by atoms with E-state index >= 15 is 0 Å². The third-order valence-corrected chi connectivity index (χ3v) is 2.27. The molecule has 0 saturated heterocycles. The van der Waals surface area contributed by atoms with Crippen molar-refractivity contribution in [1.29, 1.82) is 0 Å². The number of pyridine rings is 1. The number of para-hydroxylation sites is 1. The average Bonchev–Trinajstić information content (AvgIpc) is 2.16. The van der Waals surface area contributed by atoms with Crippen LogP contribution in [0.2, 0.25) is 0 Å². The van der Waals surface area contributed by atoms with Crippen molar-refractivity contribution >= 4 is 23.8 Å². The molecule has 0 N–H and O–H groups in total. The lowest BCUT2D eigenvalue weighted by Gasteiger charge is -2.11. The number of aromatic nitrogens is 1. The van der Waals surface area contributed by atoms with Crippen molar-refractivity contribution in [2.45, 2.75) is 6.92 Å². The molecule has 0 bridgehead atoms. The van der Waals surface area contributed by atoms with Gasteiger partial charge in [-0.05, 0) is 38.5 Å². The standard InChI is InChI=1S/C12H14BN2/c1-9-8-11(13-15(2)3)10-6-4-5-7-12(10)14-9/h4-8H,1-3H3. The maximum absolute atomic E-state index is 4.51. The highest BCUT2D eigenvalue weighted by Gasteiger charge is 2.05. The lowest BCUT2D eigenvalue weighted by atomic mass is 9.79. The molecule has 0 saturated carbocycles. The van der Waals surface area contributed by atoms with Crippen LogP contribution in [0.3, 0.4) is 0 Å². The molecule has 3 heteroatoms. The average molecular weight is 197 g/mol. The Morgan fingerprint density at radius 2 is 1.93 bits per heavy atom. The van der Waals surface area contributed by atoms with Gasteiger partial charge in [0, 0.05) is 5.69 Å². The third-order valence-electron chi connectivity index (χ3n) is 2.27. The molecule has 1 heterocycles. The van der Waals surface area contributed by atoms with Crippen LogP contribution in [0, 0.1) is 6.92 Å². The minimum atomic E-state index is 1.06. The number of rotatable bonds is 2. The fraction of sp³-hybridized carbons (Fsp3) is 0.250. The molecule has 2 rings (SSSR count). The monoisotopic (exact) mass is 197 g/mol.